The lowest BCUT2D eigenvalue weighted by atomic mass is 10.3. The Bertz CT molecular complexity index is 626. The third-order valence-electron chi connectivity index (χ3n) is 2.51. The van der Waals surface area contributed by atoms with E-state index >= 15 is 0 Å². The molecule has 2 heterocycles. The number of hydrogen-bond donors (Lipinski definition) is 1. The molecular weight excluding hydrogens is 220 g/mol. The minimum Gasteiger partial charge on any atom is -0.276 e. The average molecular weight is 228 g/mol. The van der Waals surface area contributed by atoms with Crippen molar-refractivity contribution in [3.8, 4) is 0 Å². The SMILES string of the molecule is O=C1CN(c2cnc3ccccc3n2)C(=O)N1. The van der Waals surface area contributed by atoms with Gasteiger partial charge in [-0.3, -0.25) is 20.0 Å². The second-order valence-corrected chi connectivity index (χ2v) is 3.66. The van der Waals surface area contributed by atoms with Crippen molar-refractivity contribution < 1.29 is 9.59 Å². The third-order valence-corrected chi connectivity index (χ3v) is 2.51. The number of aromatic nitrogens is 2. The molecule has 0 atom stereocenters. The fourth-order valence-electron chi connectivity index (χ4n) is 1.70. The maximum Gasteiger partial charge on any atom is 0.330 e. The zero-order chi connectivity index (χ0) is 11.8. The van der Waals surface area contributed by atoms with Crippen molar-refractivity contribution in [1.29, 1.82) is 0 Å². The fourth-order valence-corrected chi connectivity index (χ4v) is 1.70. The number of imide groups is 1. The molecule has 0 spiro atoms. The van der Waals surface area contributed by atoms with Crippen LogP contribution in [0.5, 0.6) is 0 Å². The van der Waals surface area contributed by atoms with Crippen LogP contribution in [0.25, 0.3) is 11.0 Å². The first kappa shape index (κ1) is 9.71. The lowest BCUT2D eigenvalue weighted by Gasteiger charge is -2.11. The summed E-state index contributed by atoms with van der Waals surface area (Å²) in [5.41, 5.74) is 1.44. The highest BCUT2D eigenvalue weighted by molar-refractivity contribution is 6.11. The number of fused-ring (bicyclic) bond motifs is 1. The lowest BCUT2D eigenvalue weighted by Crippen LogP contribution is -2.28. The van der Waals surface area contributed by atoms with E-state index in [2.05, 4.69) is 15.3 Å². The van der Waals surface area contributed by atoms with Crippen molar-refractivity contribution in [2.75, 3.05) is 11.4 Å². The van der Waals surface area contributed by atoms with Crippen molar-refractivity contribution >= 4 is 28.8 Å². The number of carbonyl (C=O) groups excluding carboxylic acids is 2. The molecular formula is C11H8N4O2. The zero-order valence-electron chi connectivity index (χ0n) is 8.75. The Morgan fingerprint density at radius 1 is 1.18 bits per heavy atom. The molecule has 0 unspecified atom stereocenters. The summed E-state index contributed by atoms with van der Waals surface area (Å²) in [6.07, 6.45) is 1.49. The largest absolute Gasteiger partial charge is 0.330 e. The zero-order valence-corrected chi connectivity index (χ0v) is 8.75. The predicted molar refractivity (Wildman–Crippen MR) is 60.4 cm³/mol. The summed E-state index contributed by atoms with van der Waals surface area (Å²) in [6, 6.07) is 6.89. The van der Waals surface area contributed by atoms with E-state index in [9.17, 15) is 9.59 Å². The third kappa shape index (κ3) is 1.59. The van der Waals surface area contributed by atoms with E-state index in [0.717, 1.165) is 5.52 Å². The molecule has 84 valence electrons. The summed E-state index contributed by atoms with van der Waals surface area (Å²) in [6.45, 7) is -0.00808. The predicted octanol–water partition coefficient (Wildman–Crippen LogP) is 0.686. The van der Waals surface area contributed by atoms with E-state index in [4.69, 9.17) is 0 Å². The van der Waals surface area contributed by atoms with E-state index in [1.54, 1.807) is 0 Å². The Kier molecular flexibility index (Phi) is 2.01. The van der Waals surface area contributed by atoms with Gasteiger partial charge in [0.05, 0.1) is 17.2 Å². The van der Waals surface area contributed by atoms with Gasteiger partial charge in [0, 0.05) is 0 Å². The lowest BCUT2D eigenvalue weighted by molar-refractivity contribution is -0.117. The van der Waals surface area contributed by atoms with Crippen LogP contribution in [0, 0.1) is 0 Å². The Morgan fingerprint density at radius 3 is 2.65 bits per heavy atom. The summed E-state index contributed by atoms with van der Waals surface area (Å²) < 4.78 is 0. The van der Waals surface area contributed by atoms with E-state index in [0.29, 0.717) is 11.3 Å². The van der Waals surface area contributed by atoms with E-state index < -0.39 is 6.03 Å². The van der Waals surface area contributed by atoms with E-state index in [1.165, 1.54) is 11.1 Å². The molecule has 1 saturated heterocycles. The van der Waals surface area contributed by atoms with Gasteiger partial charge in [-0.2, -0.15) is 0 Å². The van der Waals surface area contributed by atoms with Gasteiger partial charge in [-0.05, 0) is 12.1 Å². The van der Waals surface area contributed by atoms with Gasteiger partial charge in [-0.1, -0.05) is 12.1 Å². The first-order chi connectivity index (χ1) is 8.24. The van der Waals surface area contributed by atoms with Crippen molar-refractivity contribution in [3.05, 3.63) is 30.5 Å². The molecule has 0 radical (unpaired) electrons. The van der Waals surface area contributed by atoms with Crippen LogP contribution >= 0.6 is 0 Å². The van der Waals surface area contributed by atoms with Gasteiger partial charge in [-0.15, -0.1) is 0 Å². The van der Waals surface area contributed by atoms with Gasteiger partial charge < -0.3 is 0 Å². The maximum atomic E-state index is 11.4. The number of nitrogens with zero attached hydrogens (tertiary/aromatic N) is 3. The highest BCUT2D eigenvalue weighted by Crippen LogP contribution is 2.16. The van der Waals surface area contributed by atoms with Gasteiger partial charge in [0.2, 0.25) is 5.91 Å². The summed E-state index contributed by atoms with van der Waals surface area (Å²) in [5, 5.41) is 2.19. The number of nitrogens with one attached hydrogen (secondary N) is 1. The first-order valence-electron chi connectivity index (χ1n) is 5.07. The molecule has 1 aliphatic heterocycles. The van der Waals surface area contributed by atoms with Crippen molar-refractivity contribution in [1.82, 2.24) is 15.3 Å². The van der Waals surface area contributed by atoms with Gasteiger partial charge in [0.25, 0.3) is 0 Å². The normalized spacial score (nSPS) is 15.4. The second kappa shape index (κ2) is 3.51. The second-order valence-electron chi connectivity index (χ2n) is 3.66. The molecule has 17 heavy (non-hydrogen) atoms. The van der Waals surface area contributed by atoms with Crippen LogP contribution in [0.4, 0.5) is 10.6 Å². The summed E-state index contributed by atoms with van der Waals surface area (Å²) in [7, 11) is 0. The van der Waals surface area contributed by atoms with Crippen molar-refractivity contribution in [2.24, 2.45) is 0 Å². The fraction of sp³-hybridized carbons (Fsp3) is 0.0909. The minimum absolute atomic E-state index is 0.00808. The van der Waals surface area contributed by atoms with Crippen molar-refractivity contribution in [3.63, 3.8) is 0 Å². The number of hydrogen-bond acceptors (Lipinski definition) is 4. The van der Waals surface area contributed by atoms with Crippen LogP contribution in [0.1, 0.15) is 0 Å². The van der Waals surface area contributed by atoms with Gasteiger partial charge >= 0.3 is 6.03 Å². The molecule has 1 fully saturated rings. The molecule has 3 amide bonds. The number of para-hydroxylation sites is 2. The number of benzene rings is 1. The Balaban J connectivity index is 2.06. The molecule has 6 nitrogen and oxygen atoms in total. The summed E-state index contributed by atoms with van der Waals surface area (Å²) in [4.78, 5) is 32.3. The highest BCUT2D eigenvalue weighted by atomic mass is 16.2. The Hall–Kier alpha value is -2.50. The average Bonchev–Trinajstić information content (AvgIpc) is 2.68. The number of carbonyl (C=O) groups is 2. The molecule has 6 heteroatoms. The minimum atomic E-state index is -0.459. The van der Waals surface area contributed by atoms with E-state index in [-0.39, 0.29) is 12.5 Å². The van der Waals surface area contributed by atoms with Gasteiger partial charge in [-0.25, -0.2) is 9.78 Å². The van der Waals surface area contributed by atoms with Crippen molar-refractivity contribution in [2.45, 2.75) is 0 Å². The standard InChI is InChI=1S/C11H8N4O2/c16-10-6-15(11(17)14-10)9-5-12-7-3-1-2-4-8(7)13-9/h1-5H,6H2,(H,14,16,17). The summed E-state index contributed by atoms with van der Waals surface area (Å²) >= 11 is 0. The number of amides is 3. The number of rotatable bonds is 1. The van der Waals surface area contributed by atoms with Crippen LogP contribution in [0.3, 0.4) is 0 Å². The smallest absolute Gasteiger partial charge is 0.276 e. The van der Waals surface area contributed by atoms with Gasteiger partial charge in [0.15, 0.2) is 5.82 Å². The molecule has 0 aliphatic carbocycles. The number of anilines is 1. The van der Waals surface area contributed by atoms with Gasteiger partial charge in [0.1, 0.15) is 6.54 Å². The van der Waals surface area contributed by atoms with Crippen LogP contribution in [0.15, 0.2) is 30.5 Å². The molecule has 1 aromatic carbocycles. The molecule has 2 aromatic rings. The quantitative estimate of drug-likeness (QED) is 0.728. The van der Waals surface area contributed by atoms with Crippen LogP contribution < -0.4 is 10.2 Å². The molecule has 1 N–H and O–H groups in total. The maximum absolute atomic E-state index is 11.4. The monoisotopic (exact) mass is 228 g/mol. The molecule has 3 rings (SSSR count). The van der Waals surface area contributed by atoms with Crippen LogP contribution in [-0.2, 0) is 4.79 Å². The molecule has 0 saturated carbocycles. The topological polar surface area (TPSA) is 75.2 Å². The molecule has 0 bridgehead atoms. The first-order valence-corrected chi connectivity index (χ1v) is 5.07. The molecule has 1 aromatic heterocycles. The Morgan fingerprint density at radius 2 is 1.94 bits per heavy atom. The summed E-state index contributed by atoms with van der Waals surface area (Å²) in [5.74, 6) is 0.0528. The Labute approximate surface area is 96.3 Å². The van der Waals surface area contributed by atoms with Crippen LogP contribution in [-0.4, -0.2) is 28.5 Å². The van der Waals surface area contributed by atoms with Crippen LogP contribution in [0.2, 0.25) is 0 Å². The molecule has 1 aliphatic rings. The number of urea groups is 1. The van der Waals surface area contributed by atoms with E-state index in [1.807, 2.05) is 24.3 Å². The highest BCUT2D eigenvalue weighted by Gasteiger charge is 2.29.